The van der Waals surface area contributed by atoms with E-state index in [4.69, 9.17) is 5.11 Å². The van der Waals surface area contributed by atoms with Crippen LogP contribution in [-0.2, 0) is 14.4 Å². The first-order valence-corrected chi connectivity index (χ1v) is 11.7. The summed E-state index contributed by atoms with van der Waals surface area (Å²) in [7, 11) is 0. The van der Waals surface area contributed by atoms with Gasteiger partial charge in [-0.15, -0.1) is 0 Å². The van der Waals surface area contributed by atoms with E-state index in [-0.39, 0.29) is 11.3 Å². The molecule has 11 nitrogen and oxygen atoms in total. The van der Waals surface area contributed by atoms with Crippen molar-refractivity contribution in [3.63, 3.8) is 0 Å². The summed E-state index contributed by atoms with van der Waals surface area (Å²) >= 11 is 0. The van der Waals surface area contributed by atoms with Crippen LogP contribution in [0.1, 0.15) is 22.3 Å². The van der Waals surface area contributed by atoms with E-state index in [1.54, 1.807) is 65.7 Å². The second-order valence-corrected chi connectivity index (χ2v) is 8.30. The van der Waals surface area contributed by atoms with Crippen molar-refractivity contribution in [2.75, 3.05) is 0 Å². The van der Waals surface area contributed by atoms with Crippen LogP contribution in [0.15, 0.2) is 97.1 Å². The Balaban J connectivity index is 1.79. The van der Waals surface area contributed by atoms with Crippen LogP contribution in [0.5, 0.6) is 0 Å². The minimum Gasteiger partial charge on any atom is -0.481 e. The van der Waals surface area contributed by atoms with Gasteiger partial charge in [-0.05, 0) is 42.5 Å². The van der Waals surface area contributed by atoms with Gasteiger partial charge in [0, 0.05) is 35.3 Å². The fourth-order valence-corrected chi connectivity index (χ4v) is 3.64. The molecule has 0 aliphatic heterocycles. The average molecular weight is 526 g/mol. The Bertz CT molecular complexity index is 1520. The standard InChI is InChI=1S/C28H23N5O6/c34-24(35)15-23(28(38)39)31-27(37)22(30-26(36)18-8-3-1-4-9-18)14-20-17-33(21-11-5-2-6-12-21)32-25(20)19-10-7-13-29-16-19/h1-14,16-17,23H,15H2,(H,30,36)(H,31,37)(H,34,35)(H,38,39). The van der Waals surface area contributed by atoms with Crippen molar-refractivity contribution in [3.05, 3.63) is 108 Å². The molecule has 0 aliphatic carbocycles. The van der Waals surface area contributed by atoms with E-state index in [2.05, 4.69) is 20.7 Å². The van der Waals surface area contributed by atoms with Gasteiger partial charge in [0.2, 0.25) is 0 Å². The zero-order valence-corrected chi connectivity index (χ0v) is 20.4. The van der Waals surface area contributed by atoms with Crippen LogP contribution in [-0.4, -0.2) is 54.8 Å². The number of nitrogens with one attached hydrogen (secondary N) is 2. The summed E-state index contributed by atoms with van der Waals surface area (Å²) < 4.78 is 1.59. The van der Waals surface area contributed by atoms with E-state index in [9.17, 15) is 24.3 Å². The molecule has 0 fully saturated rings. The van der Waals surface area contributed by atoms with Gasteiger partial charge in [-0.1, -0.05) is 36.4 Å². The summed E-state index contributed by atoms with van der Waals surface area (Å²) in [6.07, 6.45) is 5.33. The van der Waals surface area contributed by atoms with Crippen molar-refractivity contribution in [1.82, 2.24) is 25.4 Å². The molecular formula is C28H23N5O6. The summed E-state index contributed by atoms with van der Waals surface area (Å²) in [5.74, 6) is -4.56. The second kappa shape index (κ2) is 12.1. The lowest BCUT2D eigenvalue weighted by atomic mass is 10.1. The van der Waals surface area contributed by atoms with Gasteiger partial charge in [-0.3, -0.25) is 19.4 Å². The number of carbonyl (C=O) groups is 4. The number of carbonyl (C=O) groups excluding carboxylic acids is 2. The molecule has 0 saturated carbocycles. The van der Waals surface area contributed by atoms with Crippen molar-refractivity contribution in [1.29, 1.82) is 0 Å². The molecule has 196 valence electrons. The Morgan fingerprint density at radius 1 is 0.923 bits per heavy atom. The molecule has 1 unspecified atom stereocenters. The van der Waals surface area contributed by atoms with E-state index in [1.807, 2.05) is 30.3 Å². The number of benzene rings is 2. The lowest BCUT2D eigenvalue weighted by Crippen LogP contribution is -2.45. The van der Waals surface area contributed by atoms with Crippen molar-refractivity contribution in [2.45, 2.75) is 12.5 Å². The van der Waals surface area contributed by atoms with Gasteiger partial charge >= 0.3 is 11.9 Å². The van der Waals surface area contributed by atoms with Gasteiger partial charge in [0.05, 0.1) is 12.1 Å². The molecule has 0 saturated heterocycles. The minimum atomic E-state index is -1.73. The molecule has 4 rings (SSSR count). The summed E-state index contributed by atoms with van der Waals surface area (Å²) in [5.41, 5.74) is 2.15. The molecule has 2 aromatic carbocycles. The van der Waals surface area contributed by atoms with E-state index in [0.717, 1.165) is 5.69 Å². The summed E-state index contributed by atoms with van der Waals surface area (Å²) in [4.78, 5) is 53.1. The maximum Gasteiger partial charge on any atom is 0.326 e. The van der Waals surface area contributed by atoms with Crippen LogP contribution >= 0.6 is 0 Å². The number of amides is 2. The lowest BCUT2D eigenvalue weighted by molar-refractivity contribution is -0.146. The van der Waals surface area contributed by atoms with Crippen LogP contribution in [0.4, 0.5) is 0 Å². The zero-order valence-electron chi connectivity index (χ0n) is 20.4. The average Bonchev–Trinajstić information content (AvgIpc) is 3.37. The van der Waals surface area contributed by atoms with E-state index in [1.165, 1.54) is 6.08 Å². The van der Waals surface area contributed by atoms with E-state index >= 15 is 0 Å². The van der Waals surface area contributed by atoms with Crippen LogP contribution < -0.4 is 10.6 Å². The predicted molar refractivity (Wildman–Crippen MR) is 140 cm³/mol. The third-order valence-corrected chi connectivity index (χ3v) is 5.51. The van der Waals surface area contributed by atoms with E-state index < -0.39 is 36.2 Å². The number of aliphatic carboxylic acids is 2. The Kier molecular flexibility index (Phi) is 8.22. The molecule has 39 heavy (non-hydrogen) atoms. The van der Waals surface area contributed by atoms with Crippen LogP contribution in [0, 0.1) is 0 Å². The van der Waals surface area contributed by atoms with Crippen molar-refractivity contribution in [3.8, 4) is 16.9 Å². The Hall–Kier alpha value is -5.58. The summed E-state index contributed by atoms with van der Waals surface area (Å²) in [6.45, 7) is 0. The monoisotopic (exact) mass is 525 g/mol. The maximum absolute atomic E-state index is 13.2. The zero-order chi connectivity index (χ0) is 27.8. The van der Waals surface area contributed by atoms with Crippen molar-refractivity contribution >= 4 is 29.8 Å². The third-order valence-electron chi connectivity index (χ3n) is 5.51. The smallest absolute Gasteiger partial charge is 0.326 e. The molecule has 0 bridgehead atoms. The van der Waals surface area contributed by atoms with Crippen molar-refractivity contribution in [2.24, 2.45) is 0 Å². The van der Waals surface area contributed by atoms with Gasteiger partial charge in [-0.25, -0.2) is 9.48 Å². The first kappa shape index (κ1) is 26.5. The number of rotatable bonds is 10. The number of pyridine rings is 1. The molecule has 0 spiro atoms. The summed E-state index contributed by atoms with van der Waals surface area (Å²) in [6, 6.07) is 19.1. The highest BCUT2D eigenvalue weighted by Crippen LogP contribution is 2.25. The molecular weight excluding hydrogens is 502 g/mol. The molecule has 11 heteroatoms. The molecule has 1 atom stereocenters. The van der Waals surface area contributed by atoms with Gasteiger partial charge in [0.1, 0.15) is 17.4 Å². The fraction of sp³-hybridized carbons (Fsp3) is 0.0714. The molecule has 2 aromatic heterocycles. The highest BCUT2D eigenvalue weighted by Gasteiger charge is 2.26. The molecule has 2 amide bonds. The minimum absolute atomic E-state index is 0.254. The highest BCUT2D eigenvalue weighted by molar-refractivity contribution is 6.06. The van der Waals surface area contributed by atoms with Gasteiger partial charge in [0.25, 0.3) is 11.8 Å². The number of carboxylic acids is 2. The number of para-hydroxylation sites is 1. The second-order valence-electron chi connectivity index (χ2n) is 8.30. The first-order valence-electron chi connectivity index (χ1n) is 11.7. The number of carboxylic acid groups (broad SMARTS) is 2. The maximum atomic E-state index is 13.2. The van der Waals surface area contributed by atoms with Crippen LogP contribution in [0.25, 0.3) is 23.0 Å². The van der Waals surface area contributed by atoms with Crippen LogP contribution in [0.3, 0.4) is 0 Å². The molecule has 2 heterocycles. The number of nitrogens with zero attached hydrogens (tertiary/aromatic N) is 3. The quantitative estimate of drug-likeness (QED) is 0.230. The lowest BCUT2D eigenvalue weighted by Gasteiger charge is -2.15. The normalized spacial score (nSPS) is 11.8. The predicted octanol–water partition coefficient (Wildman–Crippen LogP) is 2.75. The van der Waals surface area contributed by atoms with E-state index in [0.29, 0.717) is 16.8 Å². The number of aromatic nitrogens is 3. The molecule has 4 aromatic rings. The highest BCUT2D eigenvalue weighted by atomic mass is 16.4. The number of hydrogen-bond donors (Lipinski definition) is 4. The fourth-order valence-electron chi connectivity index (χ4n) is 3.64. The van der Waals surface area contributed by atoms with Gasteiger partial charge in [-0.2, -0.15) is 5.10 Å². The number of hydrogen-bond acceptors (Lipinski definition) is 6. The summed E-state index contributed by atoms with van der Waals surface area (Å²) in [5, 5.41) is 27.8. The SMILES string of the molecule is O=C(O)CC(NC(=O)C(=Cc1cn(-c2ccccc2)nc1-c1cccnc1)NC(=O)c1ccccc1)C(=O)O. The third kappa shape index (κ3) is 6.80. The first-order chi connectivity index (χ1) is 18.8. The van der Waals surface area contributed by atoms with Gasteiger partial charge in [0.15, 0.2) is 0 Å². The largest absolute Gasteiger partial charge is 0.481 e. The molecule has 0 aliphatic rings. The Labute approximate surface area is 222 Å². The topological polar surface area (TPSA) is 164 Å². The van der Waals surface area contributed by atoms with Gasteiger partial charge < -0.3 is 20.8 Å². The molecule has 0 radical (unpaired) electrons. The Morgan fingerprint density at radius 3 is 2.23 bits per heavy atom. The van der Waals surface area contributed by atoms with Crippen LogP contribution in [0.2, 0.25) is 0 Å². The molecule has 4 N–H and O–H groups in total. The Morgan fingerprint density at radius 2 is 1.62 bits per heavy atom. The van der Waals surface area contributed by atoms with Crippen molar-refractivity contribution < 1.29 is 29.4 Å².